The molecule has 0 aromatic rings. The number of hydrogen-bond donors (Lipinski definition) is 1. The van der Waals surface area contributed by atoms with E-state index in [1.54, 1.807) is 0 Å². The van der Waals surface area contributed by atoms with Gasteiger partial charge in [-0.1, -0.05) is 34.6 Å². The Morgan fingerprint density at radius 2 is 1.73 bits per heavy atom. The Labute approximate surface area is 72.6 Å². The van der Waals surface area contributed by atoms with Crippen molar-refractivity contribution in [3.8, 4) is 0 Å². The topological polar surface area (TPSA) is 12.0 Å². The normalized spacial score (nSPS) is 9.27. The van der Waals surface area contributed by atoms with E-state index < -0.39 is 0 Å². The van der Waals surface area contributed by atoms with Gasteiger partial charge in [-0.05, 0) is 31.8 Å². The van der Waals surface area contributed by atoms with E-state index in [9.17, 15) is 0 Å². The lowest BCUT2D eigenvalue weighted by Crippen LogP contribution is -2.14. The van der Waals surface area contributed by atoms with Crippen LogP contribution in [0.4, 0.5) is 0 Å². The fourth-order valence-corrected chi connectivity index (χ4v) is 0.812. The summed E-state index contributed by atoms with van der Waals surface area (Å²) in [5.41, 5.74) is 0. The van der Waals surface area contributed by atoms with Crippen LogP contribution in [0, 0.1) is 5.92 Å². The van der Waals surface area contributed by atoms with Crippen LogP contribution in [0.25, 0.3) is 0 Å². The summed E-state index contributed by atoms with van der Waals surface area (Å²) in [6.45, 7) is 13.0. The van der Waals surface area contributed by atoms with Gasteiger partial charge in [0.05, 0.1) is 0 Å². The molecule has 1 heteroatoms. The van der Waals surface area contributed by atoms with Crippen molar-refractivity contribution in [2.24, 2.45) is 5.92 Å². The minimum Gasteiger partial charge on any atom is -0.317 e. The van der Waals surface area contributed by atoms with Crippen molar-refractivity contribution >= 4 is 0 Å². The average molecular weight is 159 g/mol. The second kappa shape index (κ2) is 12.6. The molecule has 0 rings (SSSR count). The first-order valence-corrected chi connectivity index (χ1v) is 4.98. The van der Waals surface area contributed by atoms with Crippen LogP contribution in [0.3, 0.4) is 0 Å². The molecule has 0 aliphatic carbocycles. The van der Waals surface area contributed by atoms with E-state index in [0.717, 1.165) is 12.5 Å². The molecule has 0 bridgehead atoms. The van der Waals surface area contributed by atoms with Crippen molar-refractivity contribution in [3.63, 3.8) is 0 Å². The van der Waals surface area contributed by atoms with Gasteiger partial charge >= 0.3 is 0 Å². The summed E-state index contributed by atoms with van der Waals surface area (Å²) in [5.74, 6) is 0.864. The molecule has 0 aliphatic heterocycles. The largest absolute Gasteiger partial charge is 0.317 e. The third kappa shape index (κ3) is 17.8. The van der Waals surface area contributed by atoms with Crippen molar-refractivity contribution in [3.05, 3.63) is 0 Å². The first kappa shape index (κ1) is 13.5. The molecule has 0 saturated carbocycles. The first-order valence-electron chi connectivity index (χ1n) is 4.98. The molecular formula is C10H25N. The van der Waals surface area contributed by atoms with E-state index >= 15 is 0 Å². The summed E-state index contributed by atoms with van der Waals surface area (Å²) >= 11 is 0. The van der Waals surface area contributed by atoms with E-state index in [0.29, 0.717) is 0 Å². The predicted molar refractivity (Wildman–Crippen MR) is 54.0 cm³/mol. The van der Waals surface area contributed by atoms with Gasteiger partial charge in [-0.3, -0.25) is 0 Å². The Morgan fingerprint density at radius 3 is 2.09 bits per heavy atom. The van der Waals surface area contributed by atoms with Gasteiger partial charge in [-0.2, -0.15) is 0 Å². The molecular weight excluding hydrogens is 134 g/mol. The number of nitrogens with one attached hydrogen (secondary N) is 1. The lowest BCUT2D eigenvalue weighted by Gasteiger charge is -2.03. The minimum atomic E-state index is 0.864. The minimum absolute atomic E-state index is 0.864. The fraction of sp³-hybridized carbons (Fsp3) is 1.00. The Morgan fingerprint density at radius 1 is 1.18 bits per heavy atom. The smallest absolute Gasteiger partial charge is 0.00489 e. The summed E-state index contributed by atoms with van der Waals surface area (Å²) in [4.78, 5) is 0. The first-order chi connectivity index (χ1) is 5.27. The molecule has 0 spiro atoms. The van der Waals surface area contributed by atoms with Gasteiger partial charge in [0.2, 0.25) is 0 Å². The van der Waals surface area contributed by atoms with Crippen LogP contribution in [0.1, 0.15) is 47.5 Å². The maximum Gasteiger partial charge on any atom is -0.00489 e. The van der Waals surface area contributed by atoms with Gasteiger partial charge in [-0.25, -0.2) is 0 Å². The lowest BCUT2D eigenvalue weighted by molar-refractivity contribution is 0.533. The van der Waals surface area contributed by atoms with Gasteiger partial charge in [-0.15, -0.1) is 0 Å². The van der Waals surface area contributed by atoms with E-state index in [2.05, 4.69) is 26.1 Å². The Hall–Kier alpha value is -0.0400. The third-order valence-corrected chi connectivity index (χ3v) is 1.39. The highest BCUT2D eigenvalue weighted by atomic mass is 14.8. The quantitative estimate of drug-likeness (QED) is 0.608. The second-order valence-electron chi connectivity index (χ2n) is 2.89. The van der Waals surface area contributed by atoms with Gasteiger partial charge in [0.15, 0.2) is 0 Å². The molecule has 0 amide bonds. The van der Waals surface area contributed by atoms with Crippen molar-refractivity contribution in [1.29, 1.82) is 0 Å². The van der Waals surface area contributed by atoms with Crippen molar-refractivity contribution < 1.29 is 0 Å². The van der Waals surface area contributed by atoms with Gasteiger partial charge < -0.3 is 5.32 Å². The van der Waals surface area contributed by atoms with E-state index in [1.165, 1.54) is 19.4 Å². The molecule has 0 heterocycles. The Bertz CT molecular complexity index is 50.8. The van der Waals surface area contributed by atoms with Crippen molar-refractivity contribution in [1.82, 2.24) is 5.32 Å². The van der Waals surface area contributed by atoms with Crippen LogP contribution in [0.2, 0.25) is 0 Å². The standard InChI is InChI=1S/C8H19N.C2H6/c1-4-9-7-5-6-8(2)3;1-2/h8-9H,4-7H2,1-3H3;1-2H3. The van der Waals surface area contributed by atoms with Gasteiger partial charge in [0, 0.05) is 0 Å². The predicted octanol–water partition coefficient (Wildman–Crippen LogP) is 3.06. The molecule has 0 fully saturated rings. The third-order valence-electron chi connectivity index (χ3n) is 1.39. The van der Waals surface area contributed by atoms with Gasteiger partial charge in [0.25, 0.3) is 0 Å². The SMILES string of the molecule is CC.CCNCCCC(C)C. The lowest BCUT2D eigenvalue weighted by atomic mass is 10.1. The molecule has 0 saturated heterocycles. The molecule has 0 atom stereocenters. The summed E-state index contributed by atoms with van der Waals surface area (Å²) in [5, 5.41) is 3.30. The van der Waals surface area contributed by atoms with Gasteiger partial charge in [0.1, 0.15) is 0 Å². The number of hydrogen-bond acceptors (Lipinski definition) is 1. The molecule has 1 N–H and O–H groups in total. The molecule has 0 unspecified atom stereocenters. The van der Waals surface area contributed by atoms with Crippen LogP contribution in [0.15, 0.2) is 0 Å². The summed E-state index contributed by atoms with van der Waals surface area (Å²) < 4.78 is 0. The summed E-state index contributed by atoms with van der Waals surface area (Å²) in [6, 6.07) is 0. The zero-order valence-corrected chi connectivity index (χ0v) is 8.91. The molecule has 70 valence electrons. The maximum absolute atomic E-state index is 3.30. The molecule has 1 nitrogen and oxygen atoms in total. The Kier molecular flexibility index (Phi) is 15.5. The van der Waals surface area contributed by atoms with E-state index in [4.69, 9.17) is 0 Å². The van der Waals surface area contributed by atoms with Crippen molar-refractivity contribution in [2.45, 2.75) is 47.5 Å². The van der Waals surface area contributed by atoms with E-state index in [-0.39, 0.29) is 0 Å². The van der Waals surface area contributed by atoms with Crippen LogP contribution >= 0.6 is 0 Å². The highest BCUT2D eigenvalue weighted by Crippen LogP contribution is 2.01. The molecule has 11 heavy (non-hydrogen) atoms. The van der Waals surface area contributed by atoms with Crippen LogP contribution in [-0.4, -0.2) is 13.1 Å². The zero-order chi connectivity index (χ0) is 9.11. The summed E-state index contributed by atoms with van der Waals surface area (Å²) in [7, 11) is 0. The molecule has 0 aliphatic rings. The zero-order valence-electron chi connectivity index (χ0n) is 8.91. The van der Waals surface area contributed by atoms with Crippen LogP contribution in [0.5, 0.6) is 0 Å². The summed E-state index contributed by atoms with van der Waals surface area (Å²) in [6.07, 6.45) is 2.68. The monoisotopic (exact) mass is 159 g/mol. The van der Waals surface area contributed by atoms with Crippen molar-refractivity contribution in [2.75, 3.05) is 13.1 Å². The Balaban J connectivity index is 0. The maximum atomic E-state index is 3.30. The van der Waals surface area contributed by atoms with Crippen LogP contribution in [-0.2, 0) is 0 Å². The molecule has 0 aromatic carbocycles. The number of rotatable bonds is 5. The molecule has 0 aromatic heterocycles. The van der Waals surface area contributed by atoms with E-state index in [1.807, 2.05) is 13.8 Å². The highest BCUT2D eigenvalue weighted by Gasteiger charge is 1.91. The molecule has 0 radical (unpaired) electrons. The average Bonchev–Trinajstić information content (AvgIpc) is 2.02. The highest BCUT2D eigenvalue weighted by molar-refractivity contribution is 4.48. The fourth-order valence-electron chi connectivity index (χ4n) is 0.812. The van der Waals surface area contributed by atoms with Crippen LogP contribution < -0.4 is 5.32 Å². The second-order valence-corrected chi connectivity index (χ2v) is 2.89.